The lowest BCUT2D eigenvalue weighted by Gasteiger charge is -2.32. The number of nitrogens with two attached hydrogens (primary N) is 1. The first-order chi connectivity index (χ1) is 15.0. The molecule has 172 valence electrons. The van der Waals surface area contributed by atoms with Crippen molar-refractivity contribution in [2.75, 3.05) is 30.7 Å². The molecule has 1 aliphatic heterocycles. The zero-order valence-electron chi connectivity index (χ0n) is 18.6. The molecule has 0 aromatic heterocycles. The topological polar surface area (TPSA) is 62.9 Å². The number of piperidine rings is 1. The van der Waals surface area contributed by atoms with Gasteiger partial charge in [-0.3, -0.25) is 4.90 Å². The zero-order valence-corrected chi connectivity index (χ0v) is 21.4. The summed E-state index contributed by atoms with van der Waals surface area (Å²) in [6.07, 6.45) is 10.4. The molecule has 2 aliphatic rings. The highest BCUT2D eigenvalue weighted by Gasteiger charge is 2.26. The Kier molecular flexibility index (Phi) is 9.89. The Morgan fingerprint density at radius 2 is 1.97 bits per heavy atom. The van der Waals surface area contributed by atoms with Crippen LogP contribution in [-0.2, 0) is 0 Å². The third-order valence-corrected chi connectivity index (χ3v) is 8.51. The van der Waals surface area contributed by atoms with E-state index in [0.717, 1.165) is 36.7 Å². The number of benzene rings is 1. The lowest BCUT2D eigenvalue weighted by Crippen LogP contribution is -2.40. The summed E-state index contributed by atoms with van der Waals surface area (Å²) in [4.78, 5) is 6.82. The third-order valence-electron chi connectivity index (χ3n) is 6.14. The fourth-order valence-corrected chi connectivity index (χ4v) is 6.10. The van der Waals surface area contributed by atoms with Crippen LogP contribution in [-0.4, -0.2) is 51.8 Å². The first-order valence-corrected chi connectivity index (χ1v) is 13.5. The van der Waals surface area contributed by atoms with Crippen molar-refractivity contribution in [1.29, 1.82) is 0 Å². The number of nitrogens with zero attached hydrogens (tertiary/aromatic N) is 2. The summed E-state index contributed by atoms with van der Waals surface area (Å²) < 4.78 is 6.16. The van der Waals surface area contributed by atoms with Crippen molar-refractivity contribution in [2.45, 2.75) is 69.6 Å². The Bertz CT molecular complexity index is 736. The first kappa shape index (κ1) is 24.8. The summed E-state index contributed by atoms with van der Waals surface area (Å²) in [5.41, 5.74) is 7.04. The van der Waals surface area contributed by atoms with Crippen molar-refractivity contribution in [3.63, 3.8) is 0 Å². The highest BCUT2D eigenvalue weighted by atomic mass is 32.2. The molecule has 2 atom stereocenters. The summed E-state index contributed by atoms with van der Waals surface area (Å²) in [6.45, 7) is 5.47. The number of rotatable bonds is 6. The van der Waals surface area contributed by atoms with Gasteiger partial charge in [0.1, 0.15) is 11.9 Å². The lowest BCUT2D eigenvalue weighted by molar-refractivity contribution is 0.0920. The molecule has 0 bridgehead atoms. The number of thiocarbonyl (C=S) groups is 1. The van der Waals surface area contributed by atoms with Gasteiger partial charge < -0.3 is 15.8 Å². The number of aliphatic imine (C=N–C) groups is 1. The number of ether oxygens (including phenoxy) is 1. The minimum Gasteiger partial charge on any atom is -0.489 e. The Morgan fingerprint density at radius 1 is 1.26 bits per heavy atom. The summed E-state index contributed by atoms with van der Waals surface area (Å²) in [5, 5.41) is 4.36. The molecule has 8 heteroatoms. The largest absolute Gasteiger partial charge is 0.489 e. The Balaban J connectivity index is 1.45. The molecular weight excluding hydrogens is 443 g/mol. The summed E-state index contributed by atoms with van der Waals surface area (Å²) in [5.74, 6) is 1.87. The van der Waals surface area contributed by atoms with Gasteiger partial charge in [-0.15, -0.1) is 9.24 Å². The van der Waals surface area contributed by atoms with Gasteiger partial charge in [0, 0.05) is 18.0 Å². The molecule has 31 heavy (non-hydrogen) atoms. The van der Waals surface area contributed by atoms with Gasteiger partial charge in [0.05, 0.1) is 0 Å². The number of likely N-dealkylation sites (N-methyl/N-ethyl adjacent to an activating group) is 1. The average Bonchev–Trinajstić information content (AvgIpc) is 2.99. The van der Waals surface area contributed by atoms with Crippen LogP contribution in [0.2, 0.25) is 0 Å². The second kappa shape index (κ2) is 12.4. The van der Waals surface area contributed by atoms with Gasteiger partial charge in [0.15, 0.2) is 10.3 Å². The van der Waals surface area contributed by atoms with Gasteiger partial charge in [0.2, 0.25) is 0 Å². The molecule has 2 fully saturated rings. The molecule has 1 saturated heterocycles. The second-order valence-corrected chi connectivity index (χ2v) is 11.4. The molecule has 1 saturated carbocycles. The second-order valence-electron chi connectivity index (χ2n) is 8.75. The van der Waals surface area contributed by atoms with Crippen molar-refractivity contribution in [2.24, 2.45) is 10.7 Å². The molecule has 0 spiro atoms. The molecule has 2 unspecified atom stereocenters. The number of nitrogens with one attached hydrogen (secondary N) is 1. The van der Waals surface area contributed by atoms with E-state index in [9.17, 15) is 0 Å². The first-order valence-electron chi connectivity index (χ1n) is 11.5. The third kappa shape index (κ3) is 8.53. The number of thioether (sulfide) groups is 1. The maximum atomic E-state index is 6.16. The van der Waals surface area contributed by atoms with Gasteiger partial charge in [-0.25, -0.2) is 0 Å². The van der Waals surface area contributed by atoms with Crippen LogP contribution in [0.3, 0.4) is 0 Å². The van der Waals surface area contributed by atoms with Crippen molar-refractivity contribution in [3.05, 3.63) is 24.3 Å². The minimum absolute atomic E-state index is 0.267. The van der Waals surface area contributed by atoms with E-state index >= 15 is 0 Å². The summed E-state index contributed by atoms with van der Waals surface area (Å²) in [6, 6.07) is 7.93. The minimum atomic E-state index is 0.267. The van der Waals surface area contributed by atoms with Crippen LogP contribution in [0, 0.1) is 0 Å². The van der Waals surface area contributed by atoms with Gasteiger partial charge in [0.25, 0.3) is 0 Å². The molecule has 0 radical (unpaired) electrons. The molecular formula is C23H37N4OPS2. The number of anilines is 1. The Labute approximate surface area is 199 Å². The van der Waals surface area contributed by atoms with Gasteiger partial charge in [-0.2, -0.15) is 4.99 Å². The van der Waals surface area contributed by atoms with E-state index in [0.29, 0.717) is 10.3 Å². The maximum Gasteiger partial charge on any atom is 0.199 e. The van der Waals surface area contributed by atoms with Crippen molar-refractivity contribution in [3.8, 4) is 5.75 Å². The predicted octanol–water partition coefficient (Wildman–Crippen LogP) is 5.26. The van der Waals surface area contributed by atoms with Crippen LogP contribution in [0.15, 0.2) is 29.3 Å². The molecule has 1 aromatic carbocycles. The van der Waals surface area contributed by atoms with Gasteiger partial charge >= 0.3 is 0 Å². The van der Waals surface area contributed by atoms with E-state index in [4.69, 9.17) is 22.7 Å². The Morgan fingerprint density at radius 3 is 2.65 bits per heavy atom. The number of amidine groups is 1. The standard InChI is InChI=1S/C23H37N4OPS2/c1-2-27-15-7-8-20(16-27)28-19-11-9-18(10-12-19)25-22(30)26-21(24)31-17-23(29)13-5-3-4-6-14-23/h9-12,20H,2-8,13-17,29H2,1H3,(H3,24,25,26,30). The average molecular weight is 481 g/mol. The summed E-state index contributed by atoms with van der Waals surface area (Å²) in [7, 11) is 3.08. The highest BCUT2D eigenvalue weighted by molar-refractivity contribution is 8.14. The lowest BCUT2D eigenvalue weighted by atomic mass is 10.0. The van der Waals surface area contributed by atoms with E-state index in [2.05, 4.69) is 31.4 Å². The van der Waals surface area contributed by atoms with Gasteiger partial charge in [-0.1, -0.05) is 44.4 Å². The van der Waals surface area contributed by atoms with E-state index < -0.39 is 0 Å². The monoisotopic (exact) mass is 480 g/mol. The number of likely N-dealkylation sites (tertiary alicyclic amines) is 1. The van der Waals surface area contributed by atoms with Crippen molar-refractivity contribution >= 4 is 49.2 Å². The smallest absolute Gasteiger partial charge is 0.199 e. The van der Waals surface area contributed by atoms with Crippen LogP contribution in [0.4, 0.5) is 5.69 Å². The maximum absolute atomic E-state index is 6.16. The highest BCUT2D eigenvalue weighted by Crippen LogP contribution is 2.37. The normalized spacial score (nSPS) is 22.5. The quantitative estimate of drug-likeness (QED) is 0.190. The molecule has 1 aromatic rings. The van der Waals surface area contributed by atoms with Crippen LogP contribution < -0.4 is 15.8 Å². The zero-order chi connectivity index (χ0) is 22.1. The number of hydrogen-bond acceptors (Lipinski definition) is 4. The van der Waals surface area contributed by atoms with E-state index in [1.54, 1.807) is 11.8 Å². The molecule has 1 heterocycles. The molecule has 5 nitrogen and oxygen atoms in total. The SMILES string of the molecule is CCN1CCCC(Oc2ccc(NC(=S)/N=C(\N)SCC3(P)CCCCCC3)cc2)C1. The fraction of sp³-hybridized carbons (Fsp3) is 0.652. The van der Waals surface area contributed by atoms with Crippen LogP contribution in [0.25, 0.3) is 0 Å². The molecule has 1 aliphatic carbocycles. The van der Waals surface area contributed by atoms with E-state index in [1.165, 1.54) is 51.5 Å². The van der Waals surface area contributed by atoms with E-state index in [1.807, 2.05) is 24.3 Å². The van der Waals surface area contributed by atoms with E-state index in [-0.39, 0.29) is 11.3 Å². The van der Waals surface area contributed by atoms with Gasteiger partial charge in [-0.05, 0) is 80.4 Å². The molecule has 3 rings (SSSR count). The van der Waals surface area contributed by atoms with Crippen LogP contribution in [0.1, 0.15) is 58.3 Å². The van der Waals surface area contributed by atoms with Crippen LogP contribution in [0.5, 0.6) is 5.75 Å². The Hall–Kier alpha value is -0.880. The number of hydrogen-bond donors (Lipinski definition) is 2. The molecule has 0 amide bonds. The van der Waals surface area contributed by atoms with Crippen LogP contribution >= 0.6 is 33.2 Å². The fourth-order valence-electron chi connectivity index (χ4n) is 4.28. The predicted molar refractivity (Wildman–Crippen MR) is 143 cm³/mol. The molecule has 3 N–H and O–H groups in total. The van der Waals surface area contributed by atoms with Crippen molar-refractivity contribution < 1.29 is 4.74 Å². The van der Waals surface area contributed by atoms with Crippen molar-refractivity contribution in [1.82, 2.24) is 4.90 Å². The summed E-state index contributed by atoms with van der Waals surface area (Å²) >= 11 is 7.00.